The van der Waals surface area contributed by atoms with Gasteiger partial charge in [0.15, 0.2) is 0 Å². The second kappa shape index (κ2) is 8.17. The van der Waals surface area contributed by atoms with E-state index in [1.54, 1.807) is 0 Å². The first kappa shape index (κ1) is 18.1. The molecule has 6 nitrogen and oxygen atoms in total. The Hall–Kier alpha value is -3.28. The Bertz CT molecular complexity index is 899. The van der Waals surface area contributed by atoms with E-state index in [9.17, 15) is 9.59 Å². The molecule has 0 aromatic heterocycles. The number of rotatable bonds is 4. The minimum absolute atomic E-state index is 0.858. The van der Waals surface area contributed by atoms with Crippen LogP contribution in [0.3, 0.4) is 0 Å². The van der Waals surface area contributed by atoms with Crippen LogP contribution >= 0.6 is 0 Å². The zero-order chi connectivity index (χ0) is 19.3. The van der Waals surface area contributed by atoms with E-state index in [2.05, 4.69) is 45.3 Å². The molecular weight excluding hydrogens is 352 g/mol. The van der Waals surface area contributed by atoms with E-state index >= 15 is 0 Å². The van der Waals surface area contributed by atoms with E-state index in [1.807, 2.05) is 12.1 Å². The lowest BCUT2D eigenvalue weighted by Crippen LogP contribution is -2.35. The van der Waals surface area contributed by atoms with E-state index in [0.29, 0.717) is 0 Å². The summed E-state index contributed by atoms with van der Waals surface area (Å²) in [6, 6.07) is 12.2. The van der Waals surface area contributed by atoms with Crippen LogP contribution in [0.4, 0.5) is 0 Å². The van der Waals surface area contributed by atoms with Gasteiger partial charge in [-0.3, -0.25) is 9.59 Å². The van der Waals surface area contributed by atoms with E-state index in [1.165, 1.54) is 47.5 Å². The van der Waals surface area contributed by atoms with Crippen molar-refractivity contribution in [2.24, 2.45) is 10.2 Å². The maximum Gasteiger partial charge on any atom is 0.331 e. The van der Waals surface area contributed by atoms with Gasteiger partial charge in [0.05, 0.1) is 12.4 Å². The van der Waals surface area contributed by atoms with Crippen molar-refractivity contribution in [2.75, 3.05) is 0 Å². The Balaban J connectivity index is 1.27. The summed E-state index contributed by atoms with van der Waals surface area (Å²) < 4.78 is 0. The summed E-state index contributed by atoms with van der Waals surface area (Å²) in [7, 11) is 0. The molecule has 0 saturated heterocycles. The fourth-order valence-electron chi connectivity index (χ4n) is 3.78. The van der Waals surface area contributed by atoms with Crippen molar-refractivity contribution < 1.29 is 9.59 Å². The number of carbonyl (C=O) groups is 2. The predicted molar refractivity (Wildman–Crippen MR) is 108 cm³/mol. The van der Waals surface area contributed by atoms with Crippen molar-refractivity contribution in [3.63, 3.8) is 0 Å². The summed E-state index contributed by atoms with van der Waals surface area (Å²) in [5.41, 5.74) is 11.7. The SMILES string of the molecule is O=C(N/N=C\c1ccc2c(c1)CCC2)C(=O)N/N=C/c1ccc2c(c1)CCC2. The number of aryl methyl sites for hydroxylation is 4. The minimum Gasteiger partial charge on any atom is -0.262 e. The van der Waals surface area contributed by atoms with Gasteiger partial charge in [-0.1, -0.05) is 24.3 Å². The van der Waals surface area contributed by atoms with Gasteiger partial charge < -0.3 is 0 Å². The summed E-state index contributed by atoms with van der Waals surface area (Å²) >= 11 is 0. The first-order valence-electron chi connectivity index (χ1n) is 9.59. The van der Waals surface area contributed by atoms with Gasteiger partial charge in [0.1, 0.15) is 0 Å². The van der Waals surface area contributed by atoms with Crippen molar-refractivity contribution in [2.45, 2.75) is 38.5 Å². The minimum atomic E-state index is -0.858. The molecule has 0 bridgehead atoms. The number of nitrogens with zero attached hydrogens (tertiary/aromatic N) is 2. The molecule has 4 rings (SSSR count). The third-order valence-corrected chi connectivity index (χ3v) is 5.21. The number of hydrazone groups is 2. The molecule has 2 aromatic rings. The maximum absolute atomic E-state index is 11.8. The van der Waals surface area contributed by atoms with E-state index < -0.39 is 11.8 Å². The lowest BCUT2D eigenvalue weighted by atomic mass is 10.1. The summed E-state index contributed by atoms with van der Waals surface area (Å²) in [4.78, 5) is 23.6. The second-order valence-corrected chi connectivity index (χ2v) is 7.16. The van der Waals surface area contributed by atoms with Gasteiger partial charge in [0.2, 0.25) is 0 Å². The lowest BCUT2D eigenvalue weighted by Gasteiger charge is -2.01. The van der Waals surface area contributed by atoms with Gasteiger partial charge in [-0.2, -0.15) is 10.2 Å². The topological polar surface area (TPSA) is 82.9 Å². The molecule has 6 heteroatoms. The smallest absolute Gasteiger partial charge is 0.262 e. The van der Waals surface area contributed by atoms with Crippen molar-refractivity contribution in [1.82, 2.24) is 10.9 Å². The molecule has 0 atom stereocenters. The highest BCUT2D eigenvalue weighted by molar-refractivity contribution is 6.35. The molecule has 0 fully saturated rings. The van der Waals surface area contributed by atoms with Crippen molar-refractivity contribution >= 4 is 24.2 Å². The fourth-order valence-corrected chi connectivity index (χ4v) is 3.78. The van der Waals surface area contributed by atoms with Crippen LogP contribution in [0.5, 0.6) is 0 Å². The molecule has 28 heavy (non-hydrogen) atoms. The van der Waals surface area contributed by atoms with Gasteiger partial charge in [0, 0.05) is 0 Å². The largest absolute Gasteiger partial charge is 0.331 e. The van der Waals surface area contributed by atoms with E-state index in [4.69, 9.17) is 0 Å². The van der Waals surface area contributed by atoms with Crippen LogP contribution in [0.15, 0.2) is 46.6 Å². The molecule has 2 N–H and O–H groups in total. The summed E-state index contributed by atoms with van der Waals surface area (Å²) in [6.45, 7) is 0. The maximum atomic E-state index is 11.8. The second-order valence-electron chi connectivity index (χ2n) is 7.16. The molecule has 2 aliphatic carbocycles. The Labute approximate surface area is 163 Å². The Kier molecular flexibility index (Phi) is 5.28. The Morgan fingerprint density at radius 2 is 1.11 bits per heavy atom. The summed E-state index contributed by atoms with van der Waals surface area (Å²) in [5.74, 6) is -1.72. The van der Waals surface area contributed by atoms with Gasteiger partial charge in [-0.05, 0) is 84.0 Å². The highest BCUT2D eigenvalue weighted by Crippen LogP contribution is 2.23. The zero-order valence-corrected chi connectivity index (χ0v) is 15.6. The monoisotopic (exact) mass is 374 g/mol. The van der Waals surface area contributed by atoms with Crippen LogP contribution in [-0.4, -0.2) is 24.2 Å². The number of hydrogen-bond donors (Lipinski definition) is 2. The van der Waals surface area contributed by atoms with E-state index in [-0.39, 0.29) is 0 Å². The summed E-state index contributed by atoms with van der Waals surface area (Å²) in [5, 5.41) is 7.71. The third-order valence-electron chi connectivity index (χ3n) is 5.21. The molecule has 0 saturated carbocycles. The van der Waals surface area contributed by atoms with Crippen LogP contribution in [0.2, 0.25) is 0 Å². The van der Waals surface area contributed by atoms with Crippen LogP contribution in [0.25, 0.3) is 0 Å². The fraction of sp³-hybridized carbons (Fsp3) is 0.273. The number of carbonyl (C=O) groups excluding carboxylic acids is 2. The normalized spacial score (nSPS) is 15.0. The standard InChI is InChI=1S/C22H22N4O2/c27-21(25-23-13-15-7-9-17-3-1-5-19(17)11-15)22(28)26-24-14-16-8-10-18-4-2-6-20(18)12-16/h7-14H,1-6H2,(H,25,27)(H,26,28)/b23-13-,24-14+. The van der Waals surface area contributed by atoms with Crippen molar-refractivity contribution in [3.8, 4) is 0 Å². The Morgan fingerprint density at radius 1 is 0.679 bits per heavy atom. The first-order valence-corrected chi connectivity index (χ1v) is 9.59. The van der Waals surface area contributed by atoms with Crippen LogP contribution in [0, 0.1) is 0 Å². The van der Waals surface area contributed by atoms with Gasteiger partial charge >= 0.3 is 11.8 Å². The van der Waals surface area contributed by atoms with Gasteiger partial charge in [0.25, 0.3) is 0 Å². The molecule has 0 radical (unpaired) electrons. The molecule has 2 aliphatic rings. The van der Waals surface area contributed by atoms with E-state index in [0.717, 1.165) is 36.8 Å². The molecule has 2 aromatic carbocycles. The van der Waals surface area contributed by atoms with Crippen LogP contribution in [0.1, 0.15) is 46.2 Å². The van der Waals surface area contributed by atoms with Crippen LogP contribution < -0.4 is 10.9 Å². The zero-order valence-electron chi connectivity index (χ0n) is 15.6. The van der Waals surface area contributed by atoms with Crippen molar-refractivity contribution in [1.29, 1.82) is 0 Å². The number of fused-ring (bicyclic) bond motifs is 2. The average molecular weight is 374 g/mol. The quantitative estimate of drug-likeness (QED) is 0.489. The number of amides is 2. The molecule has 142 valence electrons. The summed E-state index contributed by atoms with van der Waals surface area (Å²) in [6.07, 6.45) is 9.83. The molecule has 2 amide bonds. The molecule has 0 heterocycles. The highest BCUT2D eigenvalue weighted by Gasteiger charge is 2.13. The first-order chi connectivity index (χ1) is 13.7. The number of benzene rings is 2. The molecule has 0 spiro atoms. The van der Waals surface area contributed by atoms with Crippen molar-refractivity contribution in [3.05, 3.63) is 69.8 Å². The predicted octanol–water partition coefficient (Wildman–Crippen LogP) is 2.26. The highest BCUT2D eigenvalue weighted by atomic mass is 16.2. The lowest BCUT2D eigenvalue weighted by molar-refractivity contribution is -0.139. The van der Waals surface area contributed by atoms with Gasteiger partial charge in [-0.25, -0.2) is 10.9 Å². The third kappa shape index (κ3) is 4.17. The van der Waals surface area contributed by atoms with Crippen LogP contribution in [-0.2, 0) is 35.3 Å². The number of nitrogens with one attached hydrogen (secondary N) is 2. The Morgan fingerprint density at radius 3 is 1.57 bits per heavy atom. The number of hydrogen-bond acceptors (Lipinski definition) is 4. The average Bonchev–Trinajstić information content (AvgIpc) is 3.36. The van der Waals surface area contributed by atoms with Gasteiger partial charge in [-0.15, -0.1) is 0 Å². The molecule has 0 unspecified atom stereocenters. The molecular formula is C22H22N4O2. The molecule has 0 aliphatic heterocycles.